The summed E-state index contributed by atoms with van der Waals surface area (Å²) in [5.41, 5.74) is 4.63. The highest BCUT2D eigenvalue weighted by Crippen LogP contribution is 2.25. The molecule has 0 spiro atoms. The second kappa shape index (κ2) is 6.59. The van der Waals surface area contributed by atoms with E-state index in [0.29, 0.717) is 0 Å². The number of anilines is 1. The van der Waals surface area contributed by atoms with E-state index in [4.69, 9.17) is 0 Å². The average Bonchev–Trinajstić information content (AvgIpc) is 3.07. The molecular weight excluding hydrogens is 294 g/mol. The Bertz CT molecular complexity index is 841. The van der Waals surface area contributed by atoms with E-state index in [0.717, 1.165) is 23.5 Å². The van der Waals surface area contributed by atoms with Crippen LogP contribution in [0.1, 0.15) is 17.0 Å². The molecule has 118 valence electrons. The molecule has 0 atom stereocenters. The Morgan fingerprint density at radius 3 is 1.96 bits per heavy atom. The third-order valence-corrected chi connectivity index (χ3v) is 4.27. The Kier molecular flexibility index (Phi) is 3.98. The van der Waals surface area contributed by atoms with Gasteiger partial charge in [0.05, 0.1) is 11.0 Å². The minimum absolute atomic E-state index is 0.278. The molecule has 0 aliphatic rings. The molecule has 0 aliphatic carbocycles. The van der Waals surface area contributed by atoms with Gasteiger partial charge in [-0.05, 0) is 23.3 Å². The molecule has 4 rings (SSSR count). The van der Waals surface area contributed by atoms with Gasteiger partial charge in [-0.15, -0.1) is 0 Å². The van der Waals surface area contributed by atoms with Gasteiger partial charge < -0.3 is 10.3 Å². The van der Waals surface area contributed by atoms with Crippen LogP contribution in [0, 0.1) is 0 Å². The normalized spacial score (nSPS) is 11.0. The lowest BCUT2D eigenvalue weighted by molar-refractivity contribution is 0.846. The first-order valence-corrected chi connectivity index (χ1v) is 8.19. The topological polar surface area (TPSA) is 40.7 Å². The Hall–Kier alpha value is -3.07. The van der Waals surface area contributed by atoms with E-state index in [-0.39, 0.29) is 5.92 Å². The van der Waals surface area contributed by atoms with Crippen LogP contribution < -0.4 is 5.32 Å². The minimum atomic E-state index is 0.278. The molecule has 1 heterocycles. The first kappa shape index (κ1) is 14.5. The van der Waals surface area contributed by atoms with Crippen molar-refractivity contribution in [2.75, 3.05) is 11.9 Å². The van der Waals surface area contributed by atoms with Crippen molar-refractivity contribution < 1.29 is 0 Å². The molecule has 0 saturated heterocycles. The van der Waals surface area contributed by atoms with Crippen LogP contribution in [-0.2, 0) is 0 Å². The summed E-state index contributed by atoms with van der Waals surface area (Å²) in [5.74, 6) is 1.09. The van der Waals surface area contributed by atoms with Gasteiger partial charge >= 0.3 is 0 Å². The molecular formula is C21H19N3. The van der Waals surface area contributed by atoms with Crippen molar-refractivity contribution in [2.24, 2.45) is 0 Å². The summed E-state index contributed by atoms with van der Waals surface area (Å²) in [6.45, 7) is 0.786. The molecule has 0 amide bonds. The lowest BCUT2D eigenvalue weighted by Gasteiger charge is -2.18. The quantitative estimate of drug-likeness (QED) is 0.555. The molecule has 0 radical (unpaired) electrons. The number of fused-ring (bicyclic) bond motifs is 1. The highest BCUT2D eigenvalue weighted by molar-refractivity contribution is 5.77. The smallest absolute Gasteiger partial charge is 0.201 e. The van der Waals surface area contributed by atoms with Crippen molar-refractivity contribution in [3.05, 3.63) is 96.1 Å². The summed E-state index contributed by atoms with van der Waals surface area (Å²) in [5, 5.41) is 3.46. The number of rotatable bonds is 5. The fourth-order valence-corrected chi connectivity index (χ4v) is 3.03. The molecule has 0 fully saturated rings. The van der Waals surface area contributed by atoms with E-state index in [1.165, 1.54) is 11.1 Å². The standard InChI is InChI=1S/C21H19N3/c1-3-9-16(10-4-1)18(17-11-5-2-6-12-17)15-22-21-23-19-13-7-8-14-20(19)24-21/h1-14,18H,15H2,(H2,22,23,24). The van der Waals surface area contributed by atoms with Crippen LogP contribution in [0.25, 0.3) is 11.0 Å². The SMILES string of the molecule is c1ccc(C(CNc2nc3ccccc3[nH]2)c2ccccc2)cc1. The number of imidazole rings is 1. The van der Waals surface area contributed by atoms with Crippen LogP contribution in [0.5, 0.6) is 0 Å². The third-order valence-electron chi connectivity index (χ3n) is 4.27. The zero-order chi connectivity index (χ0) is 16.2. The molecule has 0 saturated carbocycles. The van der Waals surface area contributed by atoms with Gasteiger partial charge in [-0.25, -0.2) is 4.98 Å². The molecule has 0 unspecified atom stereocenters. The zero-order valence-corrected chi connectivity index (χ0v) is 13.3. The van der Waals surface area contributed by atoms with Gasteiger partial charge in [0.1, 0.15) is 0 Å². The van der Waals surface area contributed by atoms with E-state index in [2.05, 4.69) is 75.9 Å². The van der Waals surface area contributed by atoms with Crippen LogP contribution in [0.3, 0.4) is 0 Å². The number of H-pyrrole nitrogens is 1. The Balaban J connectivity index is 1.60. The molecule has 2 N–H and O–H groups in total. The second-order valence-corrected chi connectivity index (χ2v) is 5.86. The predicted molar refractivity (Wildman–Crippen MR) is 99.3 cm³/mol. The van der Waals surface area contributed by atoms with Crippen LogP contribution in [0.4, 0.5) is 5.95 Å². The average molecular weight is 313 g/mol. The van der Waals surface area contributed by atoms with Gasteiger partial charge in [-0.1, -0.05) is 72.8 Å². The number of hydrogen-bond donors (Lipinski definition) is 2. The second-order valence-electron chi connectivity index (χ2n) is 5.86. The molecule has 24 heavy (non-hydrogen) atoms. The van der Waals surface area contributed by atoms with Crippen LogP contribution in [-0.4, -0.2) is 16.5 Å². The monoisotopic (exact) mass is 313 g/mol. The summed E-state index contributed by atoms with van der Waals surface area (Å²) in [6.07, 6.45) is 0. The van der Waals surface area contributed by atoms with Gasteiger partial charge in [0.25, 0.3) is 0 Å². The van der Waals surface area contributed by atoms with Crippen molar-refractivity contribution in [1.82, 2.24) is 9.97 Å². The van der Waals surface area contributed by atoms with Gasteiger partial charge in [0.2, 0.25) is 5.95 Å². The number of nitrogens with one attached hydrogen (secondary N) is 2. The maximum absolute atomic E-state index is 4.61. The number of hydrogen-bond acceptors (Lipinski definition) is 2. The number of aromatic nitrogens is 2. The zero-order valence-electron chi connectivity index (χ0n) is 13.3. The summed E-state index contributed by atoms with van der Waals surface area (Å²) in [7, 11) is 0. The minimum Gasteiger partial charge on any atom is -0.355 e. The number of aromatic amines is 1. The van der Waals surface area contributed by atoms with Crippen LogP contribution >= 0.6 is 0 Å². The Morgan fingerprint density at radius 1 is 0.750 bits per heavy atom. The van der Waals surface area contributed by atoms with Crippen molar-refractivity contribution in [3.8, 4) is 0 Å². The van der Waals surface area contributed by atoms with E-state index in [9.17, 15) is 0 Å². The fraction of sp³-hybridized carbons (Fsp3) is 0.0952. The lowest BCUT2D eigenvalue weighted by atomic mass is 9.91. The number of para-hydroxylation sites is 2. The highest BCUT2D eigenvalue weighted by Gasteiger charge is 2.14. The first-order chi connectivity index (χ1) is 11.9. The van der Waals surface area contributed by atoms with E-state index >= 15 is 0 Å². The highest BCUT2D eigenvalue weighted by atomic mass is 15.1. The van der Waals surface area contributed by atoms with E-state index in [1.54, 1.807) is 0 Å². The first-order valence-electron chi connectivity index (χ1n) is 8.19. The molecule has 4 aromatic rings. The van der Waals surface area contributed by atoms with Crippen molar-refractivity contribution in [1.29, 1.82) is 0 Å². The molecule has 3 nitrogen and oxygen atoms in total. The maximum Gasteiger partial charge on any atom is 0.201 e. The van der Waals surface area contributed by atoms with Crippen molar-refractivity contribution in [2.45, 2.75) is 5.92 Å². The predicted octanol–water partition coefficient (Wildman–Crippen LogP) is 4.81. The lowest BCUT2D eigenvalue weighted by Crippen LogP contribution is -2.14. The molecule has 0 aliphatic heterocycles. The van der Waals surface area contributed by atoms with Crippen LogP contribution in [0.15, 0.2) is 84.9 Å². The summed E-state index contributed by atoms with van der Waals surface area (Å²) in [4.78, 5) is 7.94. The van der Waals surface area contributed by atoms with Gasteiger partial charge in [-0.3, -0.25) is 0 Å². The van der Waals surface area contributed by atoms with Gasteiger partial charge in [0.15, 0.2) is 0 Å². The summed E-state index contributed by atoms with van der Waals surface area (Å²) < 4.78 is 0. The van der Waals surface area contributed by atoms with E-state index < -0.39 is 0 Å². The molecule has 3 aromatic carbocycles. The Morgan fingerprint density at radius 2 is 1.33 bits per heavy atom. The van der Waals surface area contributed by atoms with Gasteiger partial charge in [0, 0.05) is 12.5 Å². The van der Waals surface area contributed by atoms with E-state index in [1.807, 2.05) is 24.3 Å². The summed E-state index contributed by atoms with van der Waals surface area (Å²) in [6, 6.07) is 29.3. The van der Waals surface area contributed by atoms with Gasteiger partial charge in [-0.2, -0.15) is 0 Å². The van der Waals surface area contributed by atoms with Crippen molar-refractivity contribution in [3.63, 3.8) is 0 Å². The maximum atomic E-state index is 4.61. The molecule has 1 aromatic heterocycles. The Labute approximate surface area is 141 Å². The van der Waals surface area contributed by atoms with Crippen LogP contribution in [0.2, 0.25) is 0 Å². The largest absolute Gasteiger partial charge is 0.355 e. The number of nitrogens with zero attached hydrogens (tertiary/aromatic N) is 1. The van der Waals surface area contributed by atoms with Crippen molar-refractivity contribution >= 4 is 17.0 Å². The molecule has 0 bridgehead atoms. The fourth-order valence-electron chi connectivity index (χ4n) is 3.03. The number of benzene rings is 3. The summed E-state index contributed by atoms with van der Waals surface area (Å²) >= 11 is 0. The molecule has 3 heteroatoms. The third kappa shape index (κ3) is 3.01.